The second-order valence-electron chi connectivity index (χ2n) is 3.89. The highest BCUT2D eigenvalue weighted by Gasteiger charge is 2.12. The minimum Gasteiger partial charge on any atom is -0.313 e. The van der Waals surface area contributed by atoms with Gasteiger partial charge in [-0.3, -0.25) is 4.98 Å². The maximum absolute atomic E-state index is 13.5. The van der Waals surface area contributed by atoms with Crippen LogP contribution in [0, 0.1) is 5.82 Å². The number of pyridine rings is 1. The standard InChI is InChI=1S/C14H15FN2/c1-16-13(11-6-3-2-4-7-11)10-14-12(15)8-5-9-17-14/h2-9,13,16H,10H2,1H3. The van der Waals surface area contributed by atoms with Crippen LogP contribution in [-0.2, 0) is 6.42 Å². The molecule has 0 fully saturated rings. The van der Waals surface area contributed by atoms with E-state index in [1.165, 1.54) is 6.07 Å². The summed E-state index contributed by atoms with van der Waals surface area (Å²) in [6, 6.07) is 13.1. The van der Waals surface area contributed by atoms with Gasteiger partial charge in [0.05, 0.1) is 5.69 Å². The molecule has 1 unspecified atom stereocenters. The average Bonchev–Trinajstić information content (AvgIpc) is 2.39. The molecule has 1 heterocycles. The van der Waals surface area contributed by atoms with Gasteiger partial charge in [0.2, 0.25) is 0 Å². The van der Waals surface area contributed by atoms with Crippen molar-refractivity contribution in [3.63, 3.8) is 0 Å². The van der Waals surface area contributed by atoms with Crippen molar-refractivity contribution in [3.8, 4) is 0 Å². The molecule has 0 amide bonds. The number of rotatable bonds is 4. The van der Waals surface area contributed by atoms with Gasteiger partial charge in [0.15, 0.2) is 0 Å². The second kappa shape index (κ2) is 5.55. The van der Waals surface area contributed by atoms with Crippen LogP contribution in [0.15, 0.2) is 48.7 Å². The van der Waals surface area contributed by atoms with E-state index in [1.54, 1.807) is 12.3 Å². The molecule has 3 heteroatoms. The number of nitrogens with zero attached hydrogens (tertiary/aromatic N) is 1. The Morgan fingerprint density at radius 1 is 1.18 bits per heavy atom. The molecule has 2 nitrogen and oxygen atoms in total. The lowest BCUT2D eigenvalue weighted by Gasteiger charge is -2.16. The molecule has 17 heavy (non-hydrogen) atoms. The molecular weight excluding hydrogens is 215 g/mol. The summed E-state index contributed by atoms with van der Waals surface area (Å²) < 4.78 is 13.5. The quantitative estimate of drug-likeness (QED) is 0.873. The highest BCUT2D eigenvalue weighted by molar-refractivity contribution is 5.21. The van der Waals surface area contributed by atoms with Crippen LogP contribution < -0.4 is 5.32 Å². The summed E-state index contributed by atoms with van der Waals surface area (Å²) in [6.45, 7) is 0. The van der Waals surface area contributed by atoms with Gasteiger partial charge in [-0.05, 0) is 24.7 Å². The largest absolute Gasteiger partial charge is 0.313 e. The summed E-state index contributed by atoms with van der Waals surface area (Å²) >= 11 is 0. The first kappa shape index (κ1) is 11.7. The Balaban J connectivity index is 2.19. The SMILES string of the molecule is CNC(Cc1ncccc1F)c1ccccc1. The molecule has 0 bridgehead atoms. The Morgan fingerprint density at radius 3 is 2.59 bits per heavy atom. The predicted octanol–water partition coefficient (Wildman–Crippen LogP) is 2.72. The van der Waals surface area contributed by atoms with E-state index < -0.39 is 0 Å². The molecule has 1 atom stereocenters. The van der Waals surface area contributed by atoms with Crippen LogP contribution in [0.4, 0.5) is 4.39 Å². The Bertz CT molecular complexity index is 471. The van der Waals surface area contributed by atoms with E-state index in [0.29, 0.717) is 12.1 Å². The van der Waals surface area contributed by atoms with Crippen molar-refractivity contribution in [2.75, 3.05) is 7.05 Å². The molecule has 1 aromatic heterocycles. The molecule has 0 radical (unpaired) electrons. The first-order valence-corrected chi connectivity index (χ1v) is 5.63. The minimum absolute atomic E-state index is 0.0839. The second-order valence-corrected chi connectivity index (χ2v) is 3.89. The monoisotopic (exact) mass is 230 g/mol. The number of benzene rings is 1. The van der Waals surface area contributed by atoms with Crippen LogP contribution in [0.1, 0.15) is 17.3 Å². The van der Waals surface area contributed by atoms with Gasteiger partial charge in [-0.15, -0.1) is 0 Å². The van der Waals surface area contributed by atoms with Crippen LogP contribution in [0.5, 0.6) is 0 Å². The fourth-order valence-electron chi connectivity index (χ4n) is 1.83. The molecule has 0 aliphatic heterocycles. The third kappa shape index (κ3) is 2.88. The number of hydrogen-bond acceptors (Lipinski definition) is 2. The Kier molecular flexibility index (Phi) is 3.83. The highest BCUT2D eigenvalue weighted by atomic mass is 19.1. The third-order valence-corrected chi connectivity index (χ3v) is 2.78. The van der Waals surface area contributed by atoms with E-state index in [1.807, 2.05) is 37.4 Å². The maximum Gasteiger partial charge on any atom is 0.144 e. The zero-order chi connectivity index (χ0) is 12.1. The summed E-state index contributed by atoms with van der Waals surface area (Å²) in [5.74, 6) is -0.247. The topological polar surface area (TPSA) is 24.9 Å². The molecule has 0 saturated carbocycles. The van der Waals surface area contributed by atoms with Crippen molar-refractivity contribution in [1.82, 2.24) is 10.3 Å². The zero-order valence-corrected chi connectivity index (χ0v) is 9.73. The van der Waals surface area contributed by atoms with Gasteiger partial charge in [0.25, 0.3) is 0 Å². The third-order valence-electron chi connectivity index (χ3n) is 2.78. The van der Waals surface area contributed by atoms with Crippen molar-refractivity contribution in [1.29, 1.82) is 0 Å². The van der Waals surface area contributed by atoms with Gasteiger partial charge in [-0.25, -0.2) is 4.39 Å². The molecular formula is C14H15FN2. The predicted molar refractivity (Wildman–Crippen MR) is 66.1 cm³/mol. The molecule has 0 aliphatic carbocycles. The lowest BCUT2D eigenvalue weighted by Crippen LogP contribution is -2.19. The number of nitrogens with one attached hydrogen (secondary N) is 1. The van der Waals surface area contributed by atoms with Crippen molar-refractivity contribution < 1.29 is 4.39 Å². The average molecular weight is 230 g/mol. The van der Waals surface area contributed by atoms with Crippen molar-refractivity contribution in [2.24, 2.45) is 0 Å². The Hall–Kier alpha value is -1.74. The van der Waals surface area contributed by atoms with Gasteiger partial charge in [-0.1, -0.05) is 30.3 Å². The molecule has 2 aromatic rings. The van der Waals surface area contributed by atoms with E-state index in [2.05, 4.69) is 10.3 Å². The van der Waals surface area contributed by atoms with E-state index in [9.17, 15) is 4.39 Å². The van der Waals surface area contributed by atoms with Gasteiger partial charge in [-0.2, -0.15) is 0 Å². The fraction of sp³-hybridized carbons (Fsp3) is 0.214. The normalized spacial score (nSPS) is 12.4. The van der Waals surface area contributed by atoms with Gasteiger partial charge in [0, 0.05) is 18.7 Å². The van der Waals surface area contributed by atoms with Crippen LogP contribution >= 0.6 is 0 Å². The summed E-state index contributed by atoms with van der Waals surface area (Å²) in [7, 11) is 1.87. The van der Waals surface area contributed by atoms with Crippen molar-refractivity contribution >= 4 is 0 Å². The molecule has 0 saturated heterocycles. The summed E-state index contributed by atoms with van der Waals surface area (Å²) in [5.41, 5.74) is 1.63. The molecule has 0 aliphatic rings. The summed E-state index contributed by atoms with van der Waals surface area (Å²) in [6.07, 6.45) is 2.17. The van der Waals surface area contributed by atoms with Crippen LogP contribution in [0.2, 0.25) is 0 Å². The fourth-order valence-corrected chi connectivity index (χ4v) is 1.83. The smallest absolute Gasteiger partial charge is 0.144 e. The molecule has 1 N–H and O–H groups in total. The lowest BCUT2D eigenvalue weighted by atomic mass is 10.0. The number of likely N-dealkylation sites (N-methyl/N-ethyl adjacent to an activating group) is 1. The maximum atomic E-state index is 13.5. The van der Waals surface area contributed by atoms with Crippen LogP contribution in [0.3, 0.4) is 0 Å². The Labute approximate surface area is 101 Å². The van der Waals surface area contributed by atoms with E-state index in [-0.39, 0.29) is 11.9 Å². The molecule has 1 aromatic carbocycles. The van der Waals surface area contributed by atoms with Crippen molar-refractivity contribution in [3.05, 3.63) is 65.7 Å². The van der Waals surface area contributed by atoms with Crippen molar-refractivity contribution in [2.45, 2.75) is 12.5 Å². The first-order valence-electron chi connectivity index (χ1n) is 5.63. The molecule has 2 rings (SSSR count). The minimum atomic E-state index is -0.247. The Morgan fingerprint density at radius 2 is 1.94 bits per heavy atom. The van der Waals surface area contributed by atoms with Crippen LogP contribution in [-0.4, -0.2) is 12.0 Å². The lowest BCUT2D eigenvalue weighted by molar-refractivity contribution is 0.542. The van der Waals surface area contributed by atoms with Gasteiger partial charge >= 0.3 is 0 Å². The number of halogens is 1. The zero-order valence-electron chi connectivity index (χ0n) is 9.73. The first-order chi connectivity index (χ1) is 8.31. The number of hydrogen-bond donors (Lipinski definition) is 1. The van der Waals surface area contributed by atoms with E-state index >= 15 is 0 Å². The molecule has 0 spiro atoms. The summed E-state index contributed by atoms with van der Waals surface area (Å²) in [5, 5.41) is 3.19. The van der Waals surface area contributed by atoms with E-state index in [4.69, 9.17) is 0 Å². The molecule has 88 valence electrons. The summed E-state index contributed by atoms with van der Waals surface area (Å²) in [4.78, 5) is 4.08. The van der Waals surface area contributed by atoms with E-state index in [0.717, 1.165) is 5.56 Å². The number of aromatic nitrogens is 1. The van der Waals surface area contributed by atoms with Gasteiger partial charge < -0.3 is 5.32 Å². The van der Waals surface area contributed by atoms with Crippen LogP contribution in [0.25, 0.3) is 0 Å². The van der Waals surface area contributed by atoms with Gasteiger partial charge in [0.1, 0.15) is 5.82 Å². The highest BCUT2D eigenvalue weighted by Crippen LogP contribution is 2.18.